The van der Waals surface area contributed by atoms with Gasteiger partial charge in [0, 0.05) is 23.7 Å². The van der Waals surface area contributed by atoms with Crippen molar-refractivity contribution in [2.24, 2.45) is 0 Å². The van der Waals surface area contributed by atoms with E-state index in [9.17, 15) is 23.1 Å². The number of amides is 1. The molecule has 3 aromatic carbocycles. The summed E-state index contributed by atoms with van der Waals surface area (Å²) in [5.74, 6) is -1.32. The molecule has 3 N–H and O–H groups in total. The van der Waals surface area contributed by atoms with Crippen molar-refractivity contribution in [3.05, 3.63) is 78.4 Å². The average molecular weight is 509 g/mol. The van der Waals surface area contributed by atoms with Gasteiger partial charge in [-0.1, -0.05) is 48.5 Å². The number of carboxylic acids is 1. The van der Waals surface area contributed by atoms with Crippen LogP contribution in [-0.2, 0) is 26.0 Å². The fourth-order valence-electron chi connectivity index (χ4n) is 4.05. The topological polar surface area (TPSA) is 126 Å². The standard InChI is InChI=1S/C27H28N2O6S/c30-26(16-13-19-8-2-1-3-9-19)28-17-7-6-11-23(27(31)32)29-36(33,34)20-14-15-25-22(18-20)21-10-4-5-12-24(21)35-25/h1-5,8-10,12,14-15,18,23,29H,6-7,11,13,16-17H2,(H,28,30)(H,31,32). The first kappa shape index (κ1) is 25.4. The lowest BCUT2D eigenvalue weighted by Gasteiger charge is -2.15. The minimum absolute atomic E-state index is 0.0292. The SMILES string of the molecule is O=C(CCc1ccccc1)NCCCCC(NS(=O)(=O)c1ccc2oc3ccccc3c2c1)C(=O)O. The van der Waals surface area contributed by atoms with Crippen LogP contribution >= 0.6 is 0 Å². The highest BCUT2D eigenvalue weighted by Crippen LogP contribution is 2.30. The fourth-order valence-corrected chi connectivity index (χ4v) is 5.30. The molecule has 8 nitrogen and oxygen atoms in total. The smallest absolute Gasteiger partial charge is 0.321 e. The van der Waals surface area contributed by atoms with E-state index in [-0.39, 0.29) is 17.2 Å². The molecule has 0 aliphatic rings. The van der Waals surface area contributed by atoms with Crippen molar-refractivity contribution in [3.8, 4) is 0 Å². The molecule has 0 radical (unpaired) electrons. The number of unbranched alkanes of at least 4 members (excludes halogenated alkanes) is 1. The van der Waals surface area contributed by atoms with Gasteiger partial charge in [0.1, 0.15) is 17.2 Å². The predicted molar refractivity (Wildman–Crippen MR) is 137 cm³/mol. The zero-order chi connectivity index (χ0) is 25.5. The summed E-state index contributed by atoms with van der Waals surface area (Å²) in [6.45, 7) is 0.400. The minimum atomic E-state index is -4.07. The summed E-state index contributed by atoms with van der Waals surface area (Å²) in [6, 6.07) is 20.2. The summed E-state index contributed by atoms with van der Waals surface area (Å²) < 4.78 is 33.9. The normalized spacial score (nSPS) is 12.6. The molecule has 1 unspecified atom stereocenters. The largest absolute Gasteiger partial charge is 0.480 e. The number of benzene rings is 3. The van der Waals surface area contributed by atoms with Gasteiger partial charge in [-0.15, -0.1) is 0 Å². The van der Waals surface area contributed by atoms with Gasteiger partial charge >= 0.3 is 5.97 Å². The number of nitrogens with one attached hydrogen (secondary N) is 2. The van der Waals surface area contributed by atoms with Gasteiger partial charge in [-0.2, -0.15) is 4.72 Å². The summed E-state index contributed by atoms with van der Waals surface area (Å²) in [4.78, 5) is 23.7. The summed E-state index contributed by atoms with van der Waals surface area (Å²) in [6.07, 6.45) is 2.10. The Kier molecular flexibility index (Phi) is 8.02. The zero-order valence-electron chi connectivity index (χ0n) is 19.6. The number of carbonyl (C=O) groups excluding carboxylic acids is 1. The fraction of sp³-hybridized carbons (Fsp3) is 0.259. The highest BCUT2D eigenvalue weighted by Gasteiger charge is 2.25. The van der Waals surface area contributed by atoms with Gasteiger partial charge in [0.05, 0.1) is 4.90 Å². The summed E-state index contributed by atoms with van der Waals surface area (Å²) >= 11 is 0. The first-order valence-electron chi connectivity index (χ1n) is 11.8. The lowest BCUT2D eigenvalue weighted by molar-refractivity contribution is -0.139. The molecular formula is C27H28N2O6S. The minimum Gasteiger partial charge on any atom is -0.480 e. The van der Waals surface area contributed by atoms with Crippen LogP contribution in [0.2, 0.25) is 0 Å². The van der Waals surface area contributed by atoms with Crippen LogP contribution in [0.4, 0.5) is 0 Å². The third kappa shape index (κ3) is 6.30. The third-order valence-electron chi connectivity index (χ3n) is 5.98. The molecule has 0 saturated heterocycles. The van der Waals surface area contributed by atoms with Crippen molar-refractivity contribution in [3.63, 3.8) is 0 Å². The van der Waals surface area contributed by atoms with Crippen molar-refractivity contribution in [1.82, 2.24) is 10.0 Å². The lowest BCUT2D eigenvalue weighted by Crippen LogP contribution is -2.40. The van der Waals surface area contributed by atoms with Gasteiger partial charge < -0.3 is 14.8 Å². The Morgan fingerprint density at radius 2 is 1.61 bits per heavy atom. The number of aliphatic carboxylic acids is 1. The molecule has 1 atom stereocenters. The third-order valence-corrected chi connectivity index (χ3v) is 7.45. The van der Waals surface area contributed by atoms with Crippen molar-refractivity contribution in [1.29, 1.82) is 0 Å². The maximum absolute atomic E-state index is 13.0. The van der Waals surface area contributed by atoms with E-state index in [0.717, 1.165) is 10.9 Å². The molecule has 9 heteroatoms. The summed E-state index contributed by atoms with van der Waals surface area (Å²) in [7, 11) is -4.07. The molecule has 1 amide bonds. The van der Waals surface area contributed by atoms with E-state index in [2.05, 4.69) is 10.0 Å². The number of sulfonamides is 1. The van der Waals surface area contributed by atoms with Gasteiger partial charge in [-0.05, 0) is 55.5 Å². The molecule has 188 valence electrons. The molecule has 36 heavy (non-hydrogen) atoms. The summed E-state index contributed by atoms with van der Waals surface area (Å²) in [5.41, 5.74) is 2.28. The second-order valence-electron chi connectivity index (χ2n) is 8.60. The van der Waals surface area contributed by atoms with E-state index in [1.165, 1.54) is 12.1 Å². The molecule has 0 saturated carbocycles. The maximum atomic E-state index is 13.0. The first-order chi connectivity index (χ1) is 17.3. The number of hydrogen-bond donors (Lipinski definition) is 3. The van der Waals surface area contributed by atoms with Crippen LogP contribution in [0.15, 0.2) is 82.1 Å². The number of furan rings is 1. The predicted octanol–water partition coefficient (Wildman–Crippen LogP) is 4.24. The molecule has 0 fully saturated rings. The number of para-hydroxylation sites is 1. The highest BCUT2D eigenvalue weighted by atomic mass is 32.2. The second kappa shape index (κ2) is 11.4. The maximum Gasteiger partial charge on any atom is 0.321 e. The van der Waals surface area contributed by atoms with Gasteiger partial charge in [0.25, 0.3) is 0 Å². The van der Waals surface area contributed by atoms with Crippen molar-refractivity contribution in [2.45, 2.75) is 43.0 Å². The van der Waals surface area contributed by atoms with Crippen LogP contribution in [0.3, 0.4) is 0 Å². The molecule has 1 heterocycles. The van der Waals surface area contributed by atoms with E-state index in [0.29, 0.717) is 48.8 Å². The molecule has 1 aromatic heterocycles. The van der Waals surface area contributed by atoms with E-state index >= 15 is 0 Å². The Labute approximate surface area is 209 Å². The van der Waals surface area contributed by atoms with E-state index < -0.39 is 22.0 Å². The van der Waals surface area contributed by atoms with Crippen LogP contribution in [0, 0.1) is 0 Å². The van der Waals surface area contributed by atoms with Gasteiger partial charge in [-0.25, -0.2) is 8.42 Å². The molecule has 0 aliphatic carbocycles. The second-order valence-corrected chi connectivity index (χ2v) is 10.3. The number of carbonyl (C=O) groups is 2. The van der Waals surface area contributed by atoms with Crippen molar-refractivity contribution < 1.29 is 27.5 Å². The van der Waals surface area contributed by atoms with Crippen LogP contribution in [-0.4, -0.2) is 38.0 Å². The molecular weight excluding hydrogens is 480 g/mol. The van der Waals surface area contributed by atoms with Crippen LogP contribution in [0.5, 0.6) is 0 Å². The van der Waals surface area contributed by atoms with Crippen molar-refractivity contribution in [2.75, 3.05) is 6.54 Å². The van der Waals surface area contributed by atoms with Gasteiger partial charge in [-0.3, -0.25) is 9.59 Å². The Balaban J connectivity index is 1.29. The Morgan fingerprint density at radius 3 is 2.39 bits per heavy atom. The number of fused-ring (bicyclic) bond motifs is 3. The summed E-state index contributed by atoms with van der Waals surface area (Å²) in [5, 5.41) is 13.8. The molecule has 0 bridgehead atoms. The lowest BCUT2D eigenvalue weighted by atomic mass is 10.1. The van der Waals surface area contributed by atoms with Crippen molar-refractivity contribution >= 4 is 43.8 Å². The number of rotatable bonds is 12. The van der Waals surface area contributed by atoms with Gasteiger partial charge in [0.15, 0.2) is 0 Å². The Morgan fingerprint density at radius 1 is 0.889 bits per heavy atom. The first-order valence-corrected chi connectivity index (χ1v) is 13.3. The van der Waals surface area contributed by atoms with Crippen LogP contribution in [0.1, 0.15) is 31.2 Å². The molecule has 4 aromatic rings. The molecule has 0 aliphatic heterocycles. The number of aryl methyl sites for hydroxylation is 1. The Hall–Kier alpha value is -3.69. The highest BCUT2D eigenvalue weighted by molar-refractivity contribution is 7.89. The van der Waals surface area contributed by atoms with Crippen LogP contribution < -0.4 is 10.0 Å². The Bertz CT molecular complexity index is 1460. The molecule has 4 rings (SSSR count). The number of hydrogen-bond acceptors (Lipinski definition) is 5. The average Bonchev–Trinajstić information content (AvgIpc) is 3.25. The monoisotopic (exact) mass is 508 g/mol. The van der Waals surface area contributed by atoms with E-state index in [4.69, 9.17) is 4.42 Å². The van der Waals surface area contributed by atoms with E-state index in [1.807, 2.05) is 48.5 Å². The molecule has 0 spiro atoms. The number of carboxylic acid groups (broad SMARTS) is 1. The van der Waals surface area contributed by atoms with E-state index in [1.54, 1.807) is 12.1 Å². The zero-order valence-corrected chi connectivity index (χ0v) is 20.5. The van der Waals surface area contributed by atoms with Gasteiger partial charge in [0.2, 0.25) is 15.9 Å². The van der Waals surface area contributed by atoms with Crippen LogP contribution in [0.25, 0.3) is 21.9 Å². The quantitative estimate of drug-likeness (QED) is 0.246.